The SMILES string of the molecule is CC[C@H](C)[C@H](N)c1nc(-c2ccc(F)cn2)no1. The van der Waals surface area contributed by atoms with Gasteiger partial charge in [-0.25, -0.2) is 9.37 Å². The van der Waals surface area contributed by atoms with Gasteiger partial charge in [-0.2, -0.15) is 4.98 Å². The fourth-order valence-electron chi connectivity index (χ4n) is 1.48. The van der Waals surface area contributed by atoms with Crippen LogP contribution in [0.5, 0.6) is 0 Å². The highest BCUT2D eigenvalue weighted by Gasteiger charge is 2.20. The minimum Gasteiger partial charge on any atom is -0.337 e. The maximum absolute atomic E-state index is 12.7. The Morgan fingerprint density at radius 2 is 2.22 bits per heavy atom. The van der Waals surface area contributed by atoms with Crippen molar-refractivity contribution >= 4 is 0 Å². The van der Waals surface area contributed by atoms with Crippen molar-refractivity contribution in [1.82, 2.24) is 15.1 Å². The molecule has 6 heteroatoms. The molecule has 0 aliphatic carbocycles. The summed E-state index contributed by atoms with van der Waals surface area (Å²) in [7, 11) is 0. The van der Waals surface area contributed by atoms with Gasteiger partial charge in [0, 0.05) is 0 Å². The standard InChI is InChI=1S/C12H15FN4O/c1-3-7(2)10(14)12-16-11(17-18-12)9-5-4-8(13)6-15-9/h4-7,10H,3,14H2,1-2H3/t7-,10-/m0/s1. The molecule has 96 valence electrons. The largest absolute Gasteiger partial charge is 0.337 e. The highest BCUT2D eigenvalue weighted by Crippen LogP contribution is 2.22. The van der Waals surface area contributed by atoms with E-state index in [9.17, 15) is 4.39 Å². The van der Waals surface area contributed by atoms with Gasteiger partial charge in [0.1, 0.15) is 11.5 Å². The predicted octanol–water partition coefficient (Wildman–Crippen LogP) is 2.32. The highest BCUT2D eigenvalue weighted by atomic mass is 19.1. The predicted molar refractivity (Wildman–Crippen MR) is 63.9 cm³/mol. The molecule has 0 saturated heterocycles. The molecule has 0 bridgehead atoms. The Hall–Kier alpha value is -1.82. The summed E-state index contributed by atoms with van der Waals surface area (Å²) in [4.78, 5) is 8.08. The first-order valence-corrected chi connectivity index (χ1v) is 5.83. The molecule has 2 N–H and O–H groups in total. The first-order chi connectivity index (χ1) is 8.61. The molecule has 0 aliphatic rings. The number of nitrogens with zero attached hydrogens (tertiary/aromatic N) is 3. The lowest BCUT2D eigenvalue weighted by Crippen LogP contribution is -2.18. The molecule has 0 saturated carbocycles. The van der Waals surface area contributed by atoms with E-state index >= 15 is 0 Å². The van der Waals surface area contributed by atoms with Gasteiger partial charge in [0.2, 0.25) is 11.7 Å². The number of hydrogen-bond acceptors (Lipinski definition) is 5. The lowest BCUT2D eigenvalue weighted by molar-refractivity contribution is 0.312. The molecule has 18 heavy (non-hydrogen) atoms. The minimum atomic E-state index is -0.404. The van der Waals surface area contributed by atoms with Crippen molar-refractivity contribution in [3.05, 3.63) is 30.0 Å². The summed E-state index contributed by atoms with van der Waals surface area (Å²) in [6.07, 6.45) is 2.04. The molecule has 0 aliphatic heterocycles. The third-order valence-electron chi connectivity index (χ3n) is 2.94. The highest BCUT2D eigenvalue weighted by molar-refractivity contribution is 5.47. The molecule has 2 heterocycles. The Balaban J connectivity index is 2.22. The van der Waals surface area contributed by atoms with Crippen LogP contribution in [0.1, 0.15) is 32.2 Å². The maximum Gasteiger partial charge on any atom is 0.244 e. The summed E-state index contributed by atoms with van der Waals surface area (Å²) in [5.41, 5.74) is 6.45. The van der Waals surface area contributed by atoms with Crippen LogP contribution in [0.3, 0.4) is 0 Å². The first-order valence-electron chi connectivity index (χ1n) is 5.83. The molecule has 0 spiro atoms. The number of hydrogen-bond donors (Lipinski definition) is 1. The van der Waals surface area contributed by atoms with E-state index in [4.69, 9.17) is 10.3 Å². The van der Waals surface area contributed by atoms with E-state index in [1.165, 1.54) is 12.1 Å². The second-order valence-corrected chi connectivity index (χ2v) is 4.23. The zero-order valence-corrected chi connectivity index (χ0v) is 10.3. The van der Waals surface area contributed by atoms with Crippen LogP contribution >= 0.6 is 0 Å². The van der Waals surface area contributed by atoms with Crippen LogP contribution in [0.25, 0.3) is 11.5 Å². The second-order valence-electron chi connectivity index (χ2n) is 4.23. The van der Waals surface area contributed by atoms with E-state index in [2.05, 4.69) is 15.1 Å². The van der Waals surface area contributed by atoms with Crippen LogP contribution in [0, 0.1) is 11.7 Å². The van der Waals surface area contributed by atoms with Gasteiger partial charge in [-0.1, -0.05) is 25.4 Å². The van der Waals surface area contributed by atoms with Gasteiger partial charge in [0.25, 0.3) is 0 Å². The molecule has 0 aromatic carbocycles. The van der Waals surface area contributed by atoms with Gasteiger partial charge in [-0.05, 0) is 18.1 Å². The van der Waals surface area contributed by atoms with Crippen LogP contribution in [0.4, 0.5) is 4.39 Å². The molecule has 0 radical (unpaired) electrons. The summed E-state index contributed by atoms with van der Waals surface area (Å²) >= 11 is 0. The molecule has 2 rings (SSSR count). The topological polar surface area (TPSA) is 77.8 Å². The number of pyridine rings is 1. The molecule has 0 amide bonds. The summed E-state index contributed by atoms with van der Waals surface area (Å²) in [6.45, 7) is 4.06. The summed E-state index contributed by atoms with van der Waals surface area (Å²) < 4.78 is 17.9. The third-order valence-corrected chi connectivity index (χ3v) is 2.94. The van der Waals surface area contributed by atoms with Crippen LogP contribution in [-0.4, -0.2) is 15.1 Å². The van der Waals surface area contributed by atoms with Crippen LogP contribution in [-0.2, 0) is 0 Å². The van der Waals surface area contributed by atoms with E-state index in [0.717, 1.165) is 12.6 Å². The van der Waals surface area contributed by atoms with E-state index < -0.39 is 5.82 Å². The molecular formula is C12H15FN4O. The number of halogens is 1. The zero-order chi connectivity index (χ0) is 13.1. The van der Waals surface area contributed by atoms with Gasteiger partial charge in [0.15, 0.2) is 0 Å². The average Bonchev–Trinajstić information content (AvgIpc) is 2.87. The summed E-state index contributed by atoms with van der Waals surface area (Å²) in [5, 5.41) is 3.80. The zero-order valence-electron chi connectivity index (χ0n) is 10.3. The Morgan fingerprint density at radius 3 is 2.83 bits per heavy atom. The Morgan fingerprint density at radius 1 is 1.44 bits per heavy atom. The lowest BCUT2D eigenvalue weighted by atomic mass is 10.0. The Kier molecular flexibility index (Phi) is 3.66. The fraction of sp³-hybridized carbons (Fsp3) is 0.417. The number of nitrogens with two attached hydrogens (primary N) is 1. The molecule has 0 unspecified atom stereocenters. The average molecular weight is 250 g/mol. The Labute approximate surface area is 104 Å². The van der Waals surface area contributed by atoms with Gasteiger partial charge >= 0.3 is 0 Å². The molecule has 5 nitrogen and oxygen atoms in total. The molecule has 2 aromatic heterocycles. The van der Waals surface area contributed by atoms with Crippen LogP contribution < -0.4 is 5.73 Å². The third kappa shape index (κ3) is 2.53. The maximum atomic E-state index is 12.7. The van der Waals surface area contributed by atoms with Gasteiger partial charge in [0.05, 0.1) is 12.2 Å². The van der Waals surface area contributed by atoms with Crippen LogP contribution in [0.15, 0.2) is 22.9 Å². The normalized spacial score (nSPS) is 14.4. The monoisotopic (exact) mass is 250 g/mol. The van der Waals surface area contributed by atoms with E-state index in [1.54, 1.807) is 0 Å². The quantitative estimate of drug-likeness (QED) is 0.900. The minimum absolute atomic E-state index is 0.250. The van der Waals surface area contributed by atoms with E-state index in [1.807, 2.05) is 13.8 Å². The molecular weight excluding hydrogens is 235 g/mol. The first kappa shape index (κ1) is 12.6. The van der Waals surface area contributed by atoms with Gasteiger partial charge < -0.3 is 10.3 Å². The van der Waals surface area contributed by atoms with Crippen molar-refractivity contribution in [2.45, 2.75) is 26.3 Å². The molecule has 2 atom stereocenters. The second kappa shape index (κ2) is 5.22. The van der Waals surface area contributed by atoms with E-state index in [-0.39, 0.29) is 12.0 Å². The van der Waals surface area contributed by atoms with Gasteiger partial charge in [-0.15, -0.1) is 0 Å². The lowest BCUT2D eigenvalue weighted by Gasteiger charge is -2.12. The van der Waals surface area contributed by atoms with Crippen molar-refractivity contribution in [2.24, 2.45) is 11.7 Å². The molecule has 2 aromatic rings. The Bertz CT molecular complexity index is 511. The van der Waals surface area contributed by atoms with Crippen LogP contribution in [0.2, 0.25) is 0 Å². The van der Waals surface area contributed by atoms with Gasteiger partial charge in [-0.3, -0.25) is 0 Å². The smallest absolute Gasteiger partial charge is 0.244 e. The summed E-state index contributed by atoms with van der Waals surface area (Å²) in [5.74, 6) is 0.549. The van der Waals surface area contributed by atoms with Crippen molar-refractivity contribution in [3.63, 3.8) is 0 Å². The van der Waals surface area contributed by atoms with E-state index in [0.29, 0.717) is 17.4 Å². The van der Waals surface area contributed by atoms with Crippen molar-refractivity contribution in [1.29, 1.82) is 0 Å². The van der Waals surface area contributed by atoms with Crippen molar-refractivity contribution in [2.75, 3.05) is 0 Å². The molecule has 0 fully saturated rings. The number of rotatable bonds is 4. The summed E-state index contributed by atoms with van der Waals surface area (Å²) in [6, 6.07) is 2.50. The van der Waals surface area contributed by atoms with Crippen molar-refractivity contribution in [3.8, 4) is 11.5 Å². The fourth-order valence-corrected chi connectivity index (χ4v) is 1.48. The van der Waals surface area contributed by atoms with Crippen molar-refractivity contribution < 1.29 is 8.91 Å². The number of aromatic nitrogens is 3.